The largest absolute Gasteiger partial charge is 0.497 e. The van der Waals surface area contributed by atoms with Gasteiger partial charge in [0.15, 0.2) is 5.78 Å². The molecule has 0 N–H and O–H groups in total. The second kappa shape index (κ2) is 10.7. The molecule has 9 nitrogen and oxygen atoms in total. The first kappa shape index (κ1) is 26.1. The van der Waals surface area contributed by atoms with E-state index in [1.165, 1.54) is 3.97 Å². The Kier molecular flexibility index (Phi) is 7.38. The molecule has 2 aromatic carbocycles. The van der Waals surface area contributed by atoms with Crippen molar-refractivity contribution in [3.63, 3.8) is 0 Å². The summed E-state index contributed by atoms with van der Waals surface area (Å²) in [6.07, 6.45) is 2.75. The number of methoxy groups -OCH3 is 1. The molecule has 0 aliphatic carbocycles. The van der Waals surface area contributed by atoms with Gasteiger partial charge in [0.2, 0.25) is 0 Å². The molecule has 2 aromatic heterocycles. The summed E-state index contributed by atoms with van der Waals surface area (Å²) in [7, 11) is -0.580. The normalized spacial score (nSPS) is 14.7. The van der Waals surface area contributed by atoms with E-state index in [1.54, 1.807) is 67.5 Å². The zero-order valence-electron chi connectivity index (χ0n) is 21.9. The van der Waals surface area contributed by atoms with E-state index in [9.17, 15) is 13.2 Å². The number of Topliss-reactive ketones (excluding diaryl/α,β-unsaturated/α-hetero) is 1. The Morgan fingerprint density at radius 1 is 1.08 bits per heavy atom. The number of morpholine rings is 1. The lowest BCUT2D eigenvalue weighted by atomic mass is 10.1. The number of hydrogen-bond acceptors (Lipinski definition) is 7. The molecule has 0 saturated carbocycles. The van der Waals surface area contributed by atoms with Crippen molar-refractivity contribution in [1.82, 2.24) is 18.7 Å². The number of ether oxygens (including phenoxy) is 2. The third-order valence-corrected chi connectivity index (χ3v) is 8.67. The Bertz CT molecular complexity index is 1560. The third kappa shape index (κ3) is 5.11. The van der Waals surface area contributed by atoms with Crippen molar-refractivity contribution in [3.8, 4) is 17.0 Å². The van der Waals surface area contributed by atoms with E-state index in [-0.39, 0.29) is 10.7 Å². The number of carbonyl (C=O) groups excluding carboxylic acids is 1. The molecule has 1 aliphatic heterocycles. The summed E-state index contributed by atoms with van der Waals surface area (Å²) in [5, 5.41) is 5.20. The number of benzene rings is 2. The molecule has 0 radical (unpaired) electrons. The molecule has 0 atom stereocenters. The molecule has 200 valence electrons. The number of hydrogen-bond donors (Lipinski definition) is 0. The van der Waals surface area contributed by atoms with Crippen LogP contribution < -0.4 is 4.74 Å². The first-order valence-corrected chi connectivity index (χ1v) is 14.1. The molecule has 3 heterocycles. The van der Waals surface area contributed by atoms with Gasteiger partial charge in [-0.1, -0.05) is 17.7 Å². The van der Waals surface area contributed by atoms with Crippen LogP contribution in [0.15, 0.2) is 59.6 Å². The van der Waals surface area contributed by atoms with Crippen molar-refractivity contribution in [2.45, 2.75) is 24.7 Å². The number of aromatic nitrogens is 3. The van der Waals surface area contributed by atoms with Crippen molar-refractivity contribution < 1.29 is 22.7 Å². The lowest BCUT2D eigenvalue weighted by Gasteiger charge is -2.26. The predicted molar refractivity (Wildman–Crippen MR) is 145 cm³/mol. The number of ketones is 1. The Morgan fingerprint density at radius 2 is 1.82 bits per heavy atom. The van der Waals surface area contributed by atoms with Gasteiger partial charge in [0.25, 0.3) is 10.0 Å². The van der Waals surface area contributed by atoms with Crippen LogP contribution >= 0.6 is 0 Å². The maximum atomic E-state index is 13.7. The summed E-state index contributed by atoms with van der Waals surface area (Å²) in [6, 6.07) is 13.8. The number of rotatable bonds is 9. The van der Waals surface area contributed by atoms with Crippen LogP contribution in [0.2, 0.25) is 0 Å². The third-order valence-electron chi connectivity index (χ3n) is 6.98. The van der Waals surface area contributed by atoms with Crippen molar-refractivity contribution >= 4 is 26.7 Å². The van der Waals surface area contributed by atoms with E-state index >= 15 is 0 Å². The standard InChI is InChI=1S/C28H32N4O5S/c1-20-6-9-22(10-7-20)38(34,35)32-19-24(23-11-8-21(36-3)17-27(23)32)26-18-25(29-30(26)2)28(33)5-4-12-31-13-15-37-16-14-31/h6-11,17-19H,4-5,12-16H2,1-3H3. The SMILES string of the molecule is COc1ccc2c(-c3cc(C(=O)CCCN4CCOCC4)nn3C)cn(S(=O)(=O)c3ccc(C)cc3)c2c1. The van der Waals surface area contributed by atoms with E-state index < -0.39 is 10.0 Å². The van der Waals surface area contributed by atoms with Crippen LogP contribution in [0.1, 0.15) is 28.9 Å². The molecular formula is C28H32N4O5S. The highest BCUT2D eigenvalue weighted by atomic mass is 32.2. The zero-order valence-corrected chi connectivity index (χ0v) is 22.7. The minimum absolute atomic E-state index is 0.0298. The van der Waals surface area contributed by atoms with Gasteiger partial charge in [0.05, 0.1) is 36.4 Å². The van der Waals surface area contributed by atoms with Crippen LogP contribution in [0.25, 0.3) is 22.2 Å². The van der Waals surface area contributed by atoms with E-state index in [4.69, 9.17) is 9.47 Å². The van der Waals surface area contributed by atoms with Crippen LogP contribution in [-0.4, -0.2) is 72.8 Å². The molecule has 1 fully saturated rings. The predicted octanol–water partition coefficient (Wildman–Crippen LogP) is 3.89. The molecule has 0 unspecified atom stereocenters. The van der Waals surface area contributed by atoms with E-state index in [0.717, 1.165) is 50.2 Å². The fraction of sp³-hybridized carbons (Fsp3) is 0.357. The summed E-state index contributed by atoms with van der Waals surface area (Å²) in [5.41, 5.74) is 3.16. The maximum absolute atomic E-state index is 13.7. The average molecular weight is 537 g/mol. The van der Waals surface area contributed by atoms with Crippen LogP contribution in [0, 0.1) is 6.92 Å². The van der Waals surface area contributed by atoms with Gasteiger partial charge in [-0.3, -0.25) is 14.4 Å². The molecule has 0 amide bonds. The number of nitrogens with zero attached hydrogens (tertiary/aromatic N) is 4. The quantitative estimate of drug-likeness (QED) is 0.300. The molecule has 1 aliphatic rings. The average Bonchev–Trinajstić information content (AvgIpc) is 3.50. The lowest BCUT2D eigenvalue weighted by Crippen LogP contribution is -2.36. The second-order valence-electron chi connectivity index (χ2n) is 9.56. The van der Waals surface area contributed by atoms with Gasteiger partial charge in [-0.25, -0.2) is 12.4 Å². The summed E-state index contributed by atoms with van der Waals surface area (Å²) in [5.74, 6) is 0.515. The van der Waals surface area contributed by atoms with Crippen molar-refractivity contribution in [1.29, 1.82) is 0 Å². The molecular weight excluding hydrogens is 504 g/mol. The molecule has 0 bridgehead atoms. The number of aryl methyl sites for hydroxylation is 2. The topological polar surface area (TPSA) is 95.7 Å². The minimum Gasteiger partial charge on any atom is -0.497 e. The monoisotopic (exact) mass is 536 g/mol. The van der Waals surface area contributed by atoms with Gasteiger partial charge in [0.1, 0.15) is 11.4 Å². The molecule has 5 rings (SSSR count). The second-order valence-corrected chi connectivity index (χ2v) is 11.4. The van der Waals surface area contributed by atoms with Gasteiger partial charge in [-0.15, -0.1) is 0 Å². The van der Waals surface area contributed by atoms with Crippen LogP contribution in [-0.2, 0) is 21.8 Å². The number of carbonyl (C=O) groups is 1. The van der Waals surface area contributed by atoms with Crippen molar-refractivity contribution in [2.24, 2.45) is 7.05 Å². The van der Waals surface area contributed by atoms with Gasteiger partial charge in [-0.05, 0) is 50.2 Å². The number of fused-ring (bicyclic) bond motifs is 1. The first-order chi connectivity index (χ1) is 18.3. The highest BCUT2D eigenvalue weighted by molar-refractivity contribution is 7.90. The zero-order chi connectivity index (χ0) is 26.9. The Morgan fingerprint density at radius 3 is 2.53 bits per heavy atom. The first-order valence-electron chi connectivity index (χ1n) is 12.7. The highest BCUT2D eigenvalue weighted by Gasteiger charge is 2.24. The highest BCUT2D eigenvalue weighted by Crippen LogP contribution is 2.35. The molecule has 4 aromatic rings. The van der Waals surface area contributed by atoms with Crippen molar-refractivity contribution in [3.05, 3.63) is 66.0 Å². The summed E-state index contributed by atoms with van der Waals surface area (Å²) in [6.45, 7) is 6.01. The van der Waals surface area contributed by atoms with Crippen LogP contribution in [0.5, 0.6) is 5.75 Å². The Balaban J connectivity index is 1.48. The minimum atomic E-state index is -3.89. The Labute approximate surface area is 222 Å². The van der Waals surface area contributed by atoms with Crippen LogP contribution in [0.4, 0.5) is 0 Å². The van der Waals surface area contributed by atoms with Gasteiger partial charge >= 0.3 is 0 Å². The summed E-state index contributed by atoms with van der Waals surface area (Å²) >= 11 is 0. The lowest BCUT2D eigenvalue weighted by molar-refractivity contribution is 0.0371. The van der Waals surface area contributed by atoms with E-state index in [2.05, 4.69) is 10.00 Å². The van der Waals surface area contributed by atoms with Gasteiger partial charge < -0.3 is 9.47 Å². The molecule has 0 spiro atoms. The smallest absolute Gasteiger partial charge is 0.268 e. The molecule has 38 heavy (non-hydrogen) atoms. The maximum Gasteiger partial charge on any atom is 0.268 e. The van der Waals surface area contributed by atoms with Crippen LogP contribution in [0.3, 0.4) is 0 Å². The molecule has 1 saturated heterocycles. The Hall–Kier alpha value is -3.47. The van der Waals surface area contributed by atoms with E-state index in [0.29, 0.717) is 34.6 Å². The van der Waals surface area contributed by atoms with Gasteiger partial charge in [0, 0.05) is 49.8 Å². The fourth-order valence-electron chi connectivity index (χ4n) is 4.80. The van der Waals surface area contributed by atoms with Crippen molar-refractivity contribution in [2.75, 3.05) is 40.0 Å². The fourth-order valence-corrected chi connectivity index (χ4v) is 6.16. The summed E-state index contributed by atoms with van der Waals surface area (Å²) < 4.78 is 41.1. The molecule has 10 heteroatoms. The van der Waals surface area contributed by atoms with Gasteiger partial charge in [-0.2, -0.15) is 5.10 Å². The van der Waals surface area contributed by atoms with E-state index in [1.807, 2.05) is 13.0 Å². The summed E-state index contributed by atoms with van der Waals surface area (Å²) in [4.78, 5) is 15.5.